The molecule has 0 radical (unpaired) electrons. The molecule has 3 rings (SSSR count). The van der Waals surface area contributed by atoms with Crippen molar-refractivity contribution in [1.82, 2.24) is 29.5 Å². The molecule has 3 aromatic heterocycles. The molecule has 0 aliphatic heterocycles. The molecule has 0 bridgehead atoms. The Morgan fingerprint density at radius 2 is 2.05 bits per heavy atom. The second kappa shape index (κ2) is 5.83. The standard InChI is InChI=1S/C12H14N8S/c1-8-16-9(6-21-8)5-15-11-17-10(13-2)18-12(19-11)20-4-3-14-7-20/h3-4,6-7H,5H2,1-2H3,(H2,13,15,17,18,19). The van der Waals surface area contributed by atoms with Crippen molar-refractivity contribution in [3.8, 4) is 5.95 Å². The molecule has 0 atom stereocenters. The maximum atomic E-state index is 4.39. The molecular weight excluding hydrogens is 288 g/mol. The van der Waals surface area contributed by atoms with Gasteiger partial charge in [0.2, 0.25) is 17.8 Å². The summed E-state index contributed by atoms with van der Waals surface area (Å²) in [5.41, 5.74) is 0.966. The van der Waals surface area contributed by atoms with E-state index in [4.69, 9.17) is 0 Å². The van der Waals surface area contributed by atoms with Gasteiger partial charge in [0.25, 0.3) is 0 Å². The number of imidazole rings is 1. The molecule has 21 heavy (non-hydrogen) atoms. The van der Waals surface area contributed by atoms with Gasteiger partial charge in [0.15, 0.2) is 0 Å². The van der Waals surface area contributed by atoms with Gasteiger partial charge in [0.05, 0.1) is 17.2 Å². The SMILES string of the molecule is CNc1nc(NCc2csc(C)n2)nc(-n2ccnc2)n1. The first kappa shape index (κ1) is 13.4. The lowest BCUT2D eigenvalue weighted by molar-refractivity contribution is 0.888. The Morgan fingerprint density at radius 1 is 1.19 bits per heavy atom. The number of hydrogen-bond acceptors (Lipinski definition) is 8. The minimum absolute atomic E-state index is 0.490. The van der Waals surface area contributed by atoms with Crippen LogP contribution in [0.1, 0.15) is 10.7 Å². The molecule has 9 heteroatoms. The minimum Gasteiger partial charge on any atom is -0.357 e. The van der Waals surface area contributed by atoms with Crippen LogP contribution in [0.3, 0.4) is 0 Å². The van der Waals surface area contributed by atoms with E-state index in [9.17, 15) is 0 Å². The van der Waals surface area contributed by atoms with Crippen LogP contribution in [0, 0.1) is 6.92 Å². The third-order valence-corrected chi connectivity index (χ3v) is 3.50. The number of aryl methyl sites for hydroxylation is 1. The number of hydrogen-bond donors (Lipinski definition) is 2. The van der Waals surface area contributed by atoms with Crippen molar-refractivity contribution in [2.24, 2.45) is 0 Å². The van der Waals surface area contributed by atoms with Crippen LogP contribution >= 0.6 is 11.3 Å². The van der Waals surface area contributed by atoms with Gasteiger partial charge >= 0.3 is 0 Å². The highest BCUT2D eigenvalue weighted by molar-refractivity contribution is 7.09. The Kier molecular flexibility index (Phi) is 3.73. The summed E-state index contributed by atoms with van der Waals surface area (Å²) in [6, 6.07) is 0. The Labute approximate surface area is 125 Å². The summed E-state index contributed by atoms with van der Waals surface area (Å²) in [4.78, 5) is 21.3. The summed E-state index contributed by atoms with van der Waals surface area (Å²) in [6.45, 7) is 2.55. The summed E-state index contributed by atoms with van der Waals surface area (Å²) < 4.78 is 1.72. The lowest BCUT2D eigenvalue weighted by Crippen LogP contribution is -2.10. The molecule has 0 spiro atoms. The fourth-order valence-electron chi connectivity index (χ4n) is 1.71. The van der Waals surface area contributed by atoms with Gasteiger partial charge in [-0.2, -0.15) is 15.0 Å². The molecule has 3 aromatic rings. The van der Waals surface area contributed by atoms with Gasteiger partial charge < -0.3 is 10.6 Å². The molecule has 3 heterocycles. The maximum Gasteiger partial charge on any atom is 0.241 e. The first-order chi connectivity index (χ1) is 10.2. The molecular formula is C12H14N8S. The maximum absolute atomic E-state index is 4.39. The van der Waals surface area contributed by atoms with Crippen LogP contribution in [0.5, 0.6) is 0 Å². The molecule has 0 amide bonds. The van der Waals surface area contributed by atoms with Gasteiger partial charge in [-0.25, -0.2) is 9.97 Å². The van der Waals surface area contributed by atoms with Gasteiger partial charge in [0, 0.05) is 24.8 Å². The molecule has 0 saturated heterocycles. The highest BCUT2D eigenvalue weighted by Crippen LogP contribution is 2.12. The molecule has 0 fully saturated rings. The van der Waals surface area contributed by atoms with Crippen LogP contribution in [-0.4, -0.2) is 36.5 Å². The predicted molar refractivity (Wildman–Crippen MR) is 80.7 cm³/mol. The third kappa shape index (κ3) is 3.14. The van der Waals surface area contributed by atoms with Crippen LogP contribution in [0.15, 0.2) is 24.1 Å². The number of aromatic nitrogens is 6. The lowest BCUT2D eigenvalue weighted by atomic mass is 10.5. The van der Waals surface area contributed by atoms with E-state index in [1.54, 1.807) is 41.7 Å². The van der Waals surface area contributed by atoms with Gasteiger partial charge in [-0.15, -0.1) is 11.3 Å². The monoisotopic (exact) mass is 302 g/mol. The van der Waals surface area contributed by atoms with Gasteiger partial charge in [-0.05, 0) is 6.92 Å². The van der Waals surface area contributed by atoms with Gasteiger partial charge in [-0.3, -0.25) is 4.57 Å². The van der Waals surface area contributed by atoms with Gasteiger partial charge in [-0.1, -0.05) is 0 Å². The lowest BCUT2D eigenvalue weighted by Gasteiger charge is -2.07. The smallest absolute Gasteiger partial charge is 0.241 e. The van der Waals surface area contributed by atoms with Crippen LogP contribution in [0.2, 0.25) is 0 Å². The summed E-state index contributed by atoms with van der Waals surface area (Å²) in [7, 11) is 1.76. The van der Waals surface area contributed by atoms with E-state index >= 15 is 0 Å². The number of thiazole rings is 1. The number of rotatable bonds is 5. The average Bonchev–Trinajstić information content (AvgIpc) is 3.16. The zero-order valence-corrected chi connectivity index (χ0v) is 12.4. The Hall–Kier alpha value is -2.55. The zero-order valence-electron chi connectivity index (χ0n) is 11.6. The highest BCUT2D eigenvalue weighted by Gasteiger charge is 2.07. The quantitative estimate of drug-likeness (QED) is 0.737. The van der Waals surface area contributed by atoms with Crippen molar-refractivity contribution in [2.45, 2.75) is 13.5 Å². The van der Waals surface area contributed by atoms with E-state index in [-0.39, 0.29) is 0 Å². The molecule has 0 aliphatic carbocycles. The van der Waals surface area contributed by atoms with Crippen molar-refractivity contribution in [3.05, 3.63) is 34.8 Å². The van der Waals surface area contributed by atoms with E-state index in [0.717, 1.165) is 10.7 Å². The molecule has 8 nitrogen and oxygen atoms in total. The Morgan fingerprint density at radius 3 is 2.71 bits per heavy atom. The van der Waals surface area contributed by atoms with Crippen molar-refractivity contribution < 1.29 is 0 Å². The molecule has 0 unspecified atom stereocenters. The zero-order chi connectivity index (χ0) is 14.7. The molecule has 2 N–H and O–H groups in total. The Balaban J connectivity index is 1.82. The minimum atomic E-state index is 0.490. The number of anilines is 2. The highest BCUT2D eigenvalue weighted by atomic mass is 32.1. The third-order valence-electron chi connectivity index (χ3n) is 2.68. The van der Waals surface area contributed by atoms with E-state index in [1.165, 1.54) is 0 Å². The summed E-state index contributed by atoms with van der Waals surface area (Å²) in [6.07, 6.45) is 5.10. The van der Waals surface area contributed by atoms with Crippen molar-refractivity contribution in [1.29, 1.82) is 0 Å². The van der Waals surface area contributed by atoms with Crippen molar-refractivity contribution in [3.63, 3.8) is 0 Å². The van der Waals surface area contributed by atoms with Crippen molar-refractivity contribution in [2.75, 3.05) is 17.7 Å². The molecule has 0 aromatic carbocycles. The van der Waals surface area contributed by atoms with Crippen LogP contribution in [0.25, 0.3) is 5.95 Å². The summed E-state index contributed by atoms with van der Waals surface area (Å²) >= 11 is 1.62. The second-order valence-electron chi connectivity index (χ2n) is 4.21. The first-order valence-corrected chi connectivity index (χ1v) is 7.19. The van der Waals surface area contributed by atoms with Crippen molar-refractivity contribution >= 4 is 23.2 Å². The van der Waals surface area contributed by atoms with E-state index in [1.807, 2.05) is 12.3 Å². The van der Waals surface area contributed by atoms with Crippen LogP contribution in [-0.2, 0) is 6.54 Å². The number of nitrogens with one attached hydrogen (secondary N) is 2. The van der Waals surface area contributed by atoms with Crippen LogP contribution in [0.4, 0.5) is 11.9 Å². The summed E-state index contributed by atoms with van der Waals surface area (Å²) in [5, 5.41) is 9.13. The van der Waals surface area contributed by atoms with E-state index in [2.05, 4.69) is 35.6 Å². The second-order valence-corrected chi connectivity index (χ2v) is 5.28. The van der Waals surface area contributed by atoms with E-state index < -0.39 is 0 Å². The normalized spacial score (nSPS) is 10.6. The fraction of sp³-hybridized carbons (Fsp3) is 0.250. The van der Waals surface area contributed by atoms with Crippen LogP contribution < -0.4 is 10.6 Å². The molecule has 0 saturated carbocycles. The van der Waals surface area contributed by atoms with E-state index in [0.29, 0.717) is 24.4 Å². The number of nitrogens with zero attached hydrogens (tertiary/aromatic N) is 6. The van der Waals surface area contributed by atoms with Gasteiger partial charge in [0.1, 0.15) is 6.33 Å². The summed E-state index contributed by atoms with van der Waals surface area (Å²) in [5.74, 6) is 1.48. The topological polar surface area (TPSA) is 93.4 Å². The Bertz CT molecular complexity index is 721. The predicted octanol–water partition coefficient (Wildman–Crippen LogP) is 1.48. The average molecular weight is 302 g/mol. The molecule has 0 aliphatic rings. The largest absolute Gasteiger partial charge is 0.357 e. The molecule has 108 valence electrons. The first-order valence-electron chi connectivity index (χ1n) is 6.31. The fourth-order valence-corrected chi connectivity index (χ4v) is 2.32.